The molecule has 2 aromatic heterocycles. The van der Waals surface area contributed by atoms with Gasteiger partial charge < -0.3 is 9.97 Å². The van der Waals surface area contributed by atoms with Gasteiger partial charge in [0.25, 0.3) is 0 Å². The molecule has 2 aliphatic rings. The highest BCUT2D eigenvalue weighted by atomic mass is 16.1. The third kappa shape index (κ3) is 2.91. The first-order chi connectivity index (χ1) is 14.6. The summed E-state index contributed by atoms with van der Waals surface area (Å²) in [4.78, 5) is 23.4. The maximum Gasteiger partial charge on any atom is 0.248 e. The molecular weight excluding hydrogens is 370 g/mol. The fraction of sp³-hybridized carbons (Fsp3) is 0.231. The molecule has 0 aliphatic heterocycles. The van der Waals surface area contributed by atoms with E-state index in [4.69, 9.17) is 4.99 Å². The Hall–Kier alpha value is -3.40. The molecular formula is C26H25N3O. The monoisotopic (exact) mass is 395 g/mol. The van der Waals surface area contributed by atoms with Crippen molar-refractivity contribution in [3.8, 4) is 0 Å². The second-order valence-electron chi connectivity index (χ2n) is 8.25. The first kappa shape index (κ1) is 18.6. The van der Waals surface area contributed by atoms with Gasteiger partial charge in [-0.15, -0.1) is 0 Å². The zero-order valence-electron chi connectivity index (χ0n) is 17.3. The molecule has 4 nitrogen and oxygen atoms in total. The minimum atomic E-state index is -0.444. The summed E-state index contributed by atoms with van der Waals surface area (Å²) < 4.78 is 0. The molecule has 0 fully saturated rings. The lowest BCUT2D eigenvalue weighted by Gasteiger charge is -2.45. The lowest BCUT2D eigenvalue weighted by atomic mass is 9.63. The topological polar surface area (TPSA) is 61.0 Å². The number of nitrogens with one attached hydrogen (secondary N) is 2. The van der Waals surface area contributed by atoms with Crippen LogP contribution in [0.25, 0.3) is 17.0 Å². The number of pyridine rings is 1. The predicted molar refractivity (Wildman–Crippen MR) is 124 cm³/mol. The van der Waals surface area contributed by atoms with Crippen LogP contribution in [0.3, 0.4) is 0 Å². The van der Waals surface area contributed by atoms with Crippen molar-refractivity contribution in [3.05, 3.63) is 99.1 Å². The van der Waals surface area contributed by atoms with E-state index in [0.717, 1.165) is 35.2 Å². The van der Waals surface area contributed by atoms with Crippen LogP contribution in [0.4, 0.5) is 0 Å². The summed E-state index contributed by atoms with van der Waals surface area (Å²) in [5.74, 6) is 0.282. The van der Waals surface area contributed by atoms with Gasteiger partial charge in [-0.3, -0.25) is 9.79 Å². The van der Waals surface area contributed by atoms with Crippen LogP contribution < -0.4 is 5.56 Å². The van der Waals surface area contributed by atoms with Crippen LogP contribution in [0.1, 0.15) is 37.1 Å². The molecule has 4 heteroatoms. The maximum atomic E-state index is 11.9. The Morgan fingerprint density at radius 3 is 2.93 bits per heavy atom. The Bertz CT molecular complexity index is 1300. The number of hydrogen-bond acceptors (Lipinski definition) is 2. The lowest BCUT2D eigenvalue weighted by Crippen LogP contribution is -2.40. The average molecular weight is 396 g/mol. The number of aromatic nitrogens is 2. The van der Waals surface area contributed by atoms with Crippen molar-refractivity contribution in [1.29, 1.82) is 0 Å². The van der Waals surface area contributed by atoms with Crippen molar-refractivity contribution in [1.82, 2.24) is 9.97 Å². The second-order valence-corrected chi connectivity index (χ2v) is 8.25. The van der Waals surface area contributed by atoms with Gasteiger partial charge >= 0.3 is 0 Å². The minimum absolute atomic E-state index is 0.0465. The minimum Gasteiger partial charge on any atom is -0.361 e. The molecule has 2 atom stereocenters. The van der Waals surface area contributed by atoms with Crippen molar-refractivity contribution in [2.75, 3.05) is 0 Å². The molecule has 0 saturated carbocycles. The van der Waals surface area contributed by atoms with Crippen LogP contribution in [-0.2, 0) is 12.0 Å². The lowest BCUT2D eigenvalue weighted by molar-refractivity contribution is 0.413. The highest BCUT2D eigenvalue weighted by Crippen LogP contribution is 2.51. The second kappa shape index (κ2) is 7.13. The summed E-state index contributed by atoms with van der Waals surface area (Å²) in [6, 6.07) is 11.9. The SMILES string of the molecule is CC=C1[C@H]2C=C(C)C[C@]1(N=CC=Cc1c[nH]c3ccccc13)c1ccc(=O)[nH]c1C2. The van der Waals surface area contributed by atoms with Crippen LogP contribution >= 0.6 is 0 Å². The Kier molecular flexibility index (Phi) is 4.43. The zero-order valence-corrected chi connectivity index (χ0v) is 17.3. The normalized spacial score (nSPS) is 24.7. The number of para-hydroxylation sites is 1. The molecule has 3 aromatic rings. The summed E-state index contributed by atoms with van der Waals surface area (Å²) in [6.07, 6.45) is 14.2. The van der Waals surface area contributed by atoms with Gasteiger partial charge in [-0.1, -0.05) is 42.0 Å². The standard InChI is InChI=1S/C26H25N3O/c1-3-21-19-13-17(2)15-26(21,22-10-11-25(30)29-24(22)14-19)28-12-6-7-18-16-27-23-9-5-4-8-20(18)23/h3-13,16,19,27H,14-15H2,1-2H3,(H,29,30)/t19-,26+/m0/s1. The van der Waals surface area contributed by atoms with E-state index in [1.165, 1.54) is 16.5 Å². The van der Waals surface area contributed by atoms with E-state index in [2.05, 4.69) is 60.2 Å². The Morgan fingerprint density at radius 1 is 1.20 bits per heavy atom. The number of allylic oxidation sites excluding steroid dienone is 3. The maximum absolute atomic E-state index is 11.9. The number of aromatic amines is 2. The summed E-state index contributed by atoms with van der Waals surface area (Å²) in [5, 5.41) is 1.20. The summed E-state index contributed by atoms with van der Waals surface area (Å²) in [7, 11) is 0. The van der Waals surface area contributed by atoms with E-state index in [1.54, 1.807) is 6.07 Å². The fourth-order valence-electron chi connectivity index (χ4n) is 5.20. The Labute approximate surface area is 175 Å². The number of nitrogens with zero attached hydrogens (tertiary/aromatic N) is 1. The third-order valence-electron chi connectivity index (χ3n) is 6.36. The predicted octanol–water partition coefficient (Wildman–Crippen LogP) is 5.30. The highest BCUT2D eigenvalue weighted by Gasteiger charge is 2.46. The molecule has 2 heterocycles. The number of benzene rings is 1. The van der Waals surface area contributed by atoms with Gasteiger partial charge in [0.2, 0.25) is 5.56 Å². The van der Waals surface area contributed by atoms with Gasteiger partial charge in [0.1, 0.15) is 5.54 Å². The molecule has 0 unspecified atom stereocenters. The average Bonchev–Trinajstić information content (AvgIpc) is 3.13. The Balaban J connectivity index is 1.57. The van der Waals surface area contributed by atoms with Crippen LogP contribution in [0.2, 0.25) is 0 Å². The molecule has 0 amide bonds. The first-order valence-corrected chi connectivity index (χ1v) is 10.5. The quantitative estimate of drug-likeness (QED) is 0.458. The number of rotatable bonds is 3. The van der Waals surface area contributed by atoms with Crippen LogP contribution in [0, 0.1) is 5.92 Å². The van der Waals surface area contributed by atoms with Crippen molar-refractivity contribution in [3.63, 3.8) is 0 Å². The molecule has 150 valence electrons. The van der Waals surface area contributed by atoms with Crippen LogP contribution in [0.15, 0.2) is 81.8 Å². The van der Waals surface area contributed by atoms with E-state index < -0.39 is 5.54 Å². The van der Waals surface area contributed by atoms with E-state index in [0.29, 0.717) is 0 Å². The van der Waals surface area contributed by atoms with Crippen LogP contribution in [-0.4, -0.2) is 16.2 Å². The number of H-pyrrole nitrogens is 2. The van der Waals surface area contributed by atoms with Crippen LogP contribution in [0.5, 0.6) is 0 Å². The molecule has 0 saturated heterocycles. The van der Waals surface area contributed by atoms with Gasteiger partial charge in [0.05, 0.1) is 0 Å². The van der Waals surface area contributed by atoms with E-state index in [-0.39, 0.29) is 11.5 Å². The molecule has 1 aromatic carbocycles. The molecule has 5 rings (SSSR count). The highest BCUT2D eigenvalue weighted by molar-refractivity contribution is 5.91. The van der Waals surface area contributed by atoms with E-state index in [1.807, 2.05) is 30.6 Å². The molecule has 0 spiro atoms. The Morgan fingerprint density at radius 2 is 2.07 bits per heavy atom. The van der Waals surface area contributed by atoms with E-state index in [9.17, 15) is 4.79 Å². The summed E-state index contributed by atoms with van der Waals surface area (Å²) in [5.41, 5.74) is 6.59. The van der Waals surface area contributed by atoms with Gasteiger partial charge in [0.15, 0.2) is 0 Å². The first-order valence-electron chi connectivity index (χ1n) is 10.5. The van der Waals surface area contributed by atoms with Crippen molar-refractivity contribution < 1.29 is 0 Å². The van der Waals surface area contributed by atoms with Crippen molar-refractivity contribution in [2.24, 2.45) is 10.9 Å². The third-order valence-corrected chi connectivity index (χ3v) is 6.36. The van der Waals surface area contributed by atoms with Gasteiger partial charge in [-0.25, -0.2) is 0 Å². The number of hydrogen-bond donors (Lipinski definition) is 2. The zero-order chi connectivity index (χ0) is 20.7. The summed E-state index contributed by atoms with van der Waals surface area (Å²) in [6.45, 7) is 4.28. The smallest absolute Gasteiger partial charge is 0.248 e. The number of fused-ring (bicyclic) bond motifs is 5. The largest absolute Gasteiger partial charge is 0.361 e. The summed E-state index contributed by atoms with van der Waals surface area (Å²) >= 11 is 0. The van der Waals surface area contributed by atoms with Crippen molar-refractivity contribution >= 4 is 23.2 Å². The van der Waals surface area contributed by atoms with Gasteiger partial charge in [0, 0.05) is 53.0 Å². The van der Waals surface area contributed by atoms with Gasteiger partial charge in [-0.05, 0) is 49.6 Å². The van der Waals surface area contributed by atoms with Crippen molar-refractivity contribution in [2.45, 2.75) is 32.2 Å². The number of aliphatic imine (C=N–C) groups is 1. The molecule has 2 N–H and O–H groups in total. The fourth-order valence-corrected chi connectivity index (χ4v) is 5.20. The molecule has 30 heavy (non-hydrogen) atoms. The van der Waals surface area contributed by atoms with Gasteiger partial charge in [-0.2, -0.15) is 0 Å². The molecule has 0 radical (unpaired) electrons. The molecule has 2 bridgehead atoms. The molecule has 2 aliphatic carbocycles. The van der Waals surface area contributed by atoms with E-state index >= 15 is 0 Å².